The molecule has 0 saturated heterocycles. The van der Waals surface area contributed by atoms with E-state index in [-0.39, 0.29) is 5.41 Å². The molecule has 2 aromatic heterocycles. The Morgan fingerprint density at radius 2 is 1.73 bits per heavy atom. The van der Waals surface area contributed by atoms with Crippen LogP contribution in [0.3, 0.4) is 0 Å². The van der Waals surface area contributed by atoms with E-state index in [9.17, 15) is 0 Å². The van der Waals surface area contributed by atoms with Crippen molar-refractivity contribution in [2.75, 3.05) is 0 Å². The highest BCUT2D eigenvalue weighted by Crippen LogP contribution is 2.35. The number of benzene rings is 1. The van der Waals surface area contributed by atoms with Crippen molar-refractivity contribution in [1.29, 1.82) is 0 Å². The minimum Gasteiger partial charge on any atom is -0.308 e. The highest BCUT2D eigenvalue weighted by molar-refractivity contribution is 5.95. The van der Waals surface area contributed by atoms with Crippen LogP contribution in [-0.4, -0.2) is 9.55 Å². The van der Waals surface area contributed by atoms with E-state index in [4.69, 9.17) is 0 Å². The molecule has 0 saturated carbocycles. The second-order valence-corrected chi connectivity index (χ2v) is 6.35. The van der Waals surface area contributed by atoms with Crippen molar-refractivity contribution in [3.05, 3.63) is 72.2 Å². The van der Waals surface area contributed by atoms with E-state index in [2.05, 4.69) is 78.0 Å². The number of para-hydroxylation sites is 1. The average molecular weight is 286 g/mol. The largest absolute Gasteiger partial charge is 0.308 e. The molecule has 4 rings (SSSR count). The minimum absolute atomic E-state index is 0.0693. The summed E-state index contributed by atoms with van der Waals surface area (Å²) in [5.41, 5.74) is 4.87. The number of pyridine rings is 1. The van der Waals surface area contributed by atoms with Gasteiger partial charge < -0.3 is 4.57 Å². The van der Waals surface area contributed by atoms with Gasteiger partial charge in [0, 0.05) is 28.2 Å². The van der Waals surface area contributed by atoms with E-state index in [0.29, 0.717) is 0 Å². The Morgan fingerprint density at radius 1 is 0.955 bits per heavy atom. The van der Waals surface area contributed by atoms with Crippen molar-refractivity contribution in [3.63, 3.8) is 0 Å². The van der Waals surface area contributed by atoms with Gasteiger partial charge >= 0.3 is 0 Å². The molecule has 0 spiro atoms. The van der Waals surface area contributed by atoms with Crippen LogP contribution in [0.2, 0.25) is 0 Å². The number of nitrogens with zero attached hydrogens (tertiary/aromatic N) is 2. The van der Waals surface area contributed by atoms with Gasteiger partial charge in [0.2, 0.25) is 0 Å². The van der Waals surface area contributed by atoms with E-state index >= 15 is 0 Å². The summed E-state index contributed by atoms with van der Waals surface area (Å²) in [5.74, 6) is 0. The Morgan fingerprint density at radius 3 is 2.55 bits per heavy atom. The highest BCUT2D eigenvalue weighted by atomic mass is 15.0. The van der Waals surface area contributed by atoms with Crippen LogP contribution in [0.4, 0.5) is 0 Å². The van der Waals surface area contributed by atoms with Gasteiger partial charge in [-0.1, -0.05) is 50.3 Å². The molecule has 0 aliphatic heterocycles. The maximum Gasteiger partial charge on any atom is 0.0724 e. The third kappa shape index (κ3) is 2.00. The fourth-order valence-electron chi connectivity index (χ4n) is 3.02. The molecule has 0 bridgehead atoms. The normalized spacial score (nSPS) is 15.7. The molecule has 3 aromatic rings. The van der Waals surface area contributed by atoms with Gasteiger partial charge in [-0.3, -0.25) is 4.98 Å². The first kappa shape index (κ1) is 13.1. The van der Waals surface area contributed by atoms with Crippen LogP contribution in [0.15, 0.2) is 60.9 Å². The number of allylic oxidation sites excluding steroid dienone is 2. The molecule has 2 heterocycles. The van der Waals surface area contributed by atoms with Crippen LogP contribution in [0.5, 0.6) is 0 Å². The van der Waals surface area contributed by atoms with E-state index in [1.165, 1.54) is 22.3 Å². The molecule has 0 fully saturated rings. The van der Waals surface area contributed by atoms with Gasteiger partial charge in [-0.2, -0.15) is 0 Å². The van der Waals surface area contributed by atoms with Gasteiger partial charge in [0.05, 0.1) is 17.4 Å². The Labute approximate surface area is 130 Å². The molecule has 1 aliphatic rings. The first-order chi connectivity index (χ1) is 10.7. The first-order valence-electron chi connectivity index (χ1n) is 7.58. The standard InChI is InChI=1S/C20H18N2/c1-20(2)11-8-16-17-10-13-21-14-19(17)22(18(16)9-12-20)15-6-4-3-5-7-15/h3-14H,1-2H3. The van der Waals surface area contributed by atoms with Gasteiger partial charge in [-0.25, -0.2) is 0 Å². The molecular formula is C20H18N2. The zero-order chi connectivity index (χ0) is 15.2. The number of aromatic nitrogens is 2. The lowest BCUT2D eigenvalue weighted by molar-refractivity contribution is 0.633. The topological polar surface area (TPSA) is 17.8 Å². The van der Waals surface area contributed by atoms with E-state index in [0.717, 1.165) is 5.52 Å². The van der Waals surface area contributed by atoms with Crippen molar-refractivity contribution in [2.45, 2.75) is 13.8 Å². The lowest BCUT2D eigenvalue weighted by atomic mass is 9.93. The second kappa shape index (κ2) is 4.70. The fraction of sp³-hybridized carbons (Fsp3) is 0.150. The average Bonchev–Trinajstić information content (AvgIpc) is 2.76. The second-order valence-electron chi connectivity index (χ2n) is 6.35. The van der Waals surface area contributed by atoms with Crippen LogP contribution >= 0.6 is 0 Å². The van der Waals surface area contributed by atoms with E-state index in [1.54, 1.807) is 0 Å². The van der Waals surface area contributed by atoms with Crippen LogP contribution in [0.1, 0.15) is 25.1 Å². The Hall–Kier alpha value is -2.61. The van der Waals surface area contributed by atoms with Gasteiger partial charge in [0.15, 0.2) is 0 Å². The maximum absolute atomic E-state index is 4.33. The van der Waals surface area contributed by atoms with Gasteiger partial charge in [-0.05, 0) is 24.3 Å². The Kier molecular flexibility index (Phi) is 2.80. The molecule has 1 aromatic carbocycles. The highest BCUT2D eigenvalue weighted by Gasteiger charge is 2.19. The molecule has 2 nitrogen and oxygen atoms in total. The number of rotatable bonds is 1. The summed E-state index contributed by atoms with van der Waals surface area (Å²) >= 11 is 0. The van der Waals surface area contributed by atoms with Crippen LogP contribution in [0.25, 0.3) is 28.7 Å². The molecule has 0 unspecified atom stereocenters. The third-order valence-electron chi connectivity index (χ3n) is 4.21. The molecule has 0 atom stereocenters. The molecule has 0 N–H and O–H groups in total. The van der Waals surface area contributed by atoms with Crippen LogP contribution < -0.4 is 0 Å². The minimum atomic E-state index is 0.0693. The monoisotopic (exact) mass is 286 g/mol. The van der Waals surface area contributed by atoms with Crippen molar-refractivity contribution >= 4 is 23.1 Å². The predicted molar refractivity (Wildman–Crippen MR) is 92.9 cm³/mol. The summed E-state index contributed by atoms with van der Waals surface area (Å²) in [6.07, 6.45) is 12.8. The smallest absolute Gasteiger partial charge is 0.0724 e. The number of fused-ring (bicyclic) bond motifs is 3. The Balaban J connectivity index is 2.10. The number of hydrogen-bond acceptors (Lipinski definition) is 1. The van der Waals surface area contributed by atoms with Gasteiger partial charge in [0.1, 0.15) is 0 Å². The van der Waals surface area contributed by atoms with Crippen molar-refractivity contribution in [2.24, 2.45) is 5.41 Å². The zero-order valence-electron chi connectivity index (χ0n) is 12.8. The Bertz CT molecular complexity index is 896. The summed E-state index contributed by atoms with van der Waals surface area (Å²) in [6, 6.07) is 12.6. The summed E-state index contributed by atoms with van der Waals surface area (Å²) in [5, 5.41) is 1.24. The summed E-state index contributed by atoms with van der Waals surface area (Å²) < 4.78 is 2.29. The summed E-state index contributed by atoms with van der Waals surface area (Å²) in [6.45, 7) is 4.45. The first-order valence-corrected chi connectivity index (χ1v) is 7.58. The molecule has 0 radical (unpaired) electrons. The van der Waals surface area contributed by atoms with Crippen molar-refractivity contribution in [3.8, 4) is 5.69 Å². The van der Waals surface area contributed by atoms with Crippen molar-refractivity contribution < 1.29 is 0 Å². The van der Waals surface area contributed by atoms with Gasteiger partial charge in [0.25, 0.3) is 0 Å². The third-order valence-corrected chi connectivity index (χ3v) is 4.21. The van der Waals surface area contributed by atoms with E-state index < -0.39 is 0 Å². The molecule has 0 amide bonds. The lowest BCUT2D eigenvalue weighted by Gasteiger charge is -2.13. The maximum atomic E-state index is 4.33. The molecule has 2 heteroatoms. The lowest BCUT2D eigenvalue weighted by Crippen LogP contribution is -2.01. The summed E-state index contributed by atoms with van der Waals surface area (Å²) in [7, 11) is 0. The molecule has 108 valence electrons. The van der Waals surface area contributed by atoms with Gasteiger partial charge in [-0.15, -0.1) is 0 Å². The van der Waals surface area contributed by atoms with Crippen LogP contribution in [-0.2, 0) is 0 Å². The van der Waals surface area contributed by atoms with Crippen molar-refractivity contribution in [1.82, 2.24) is 9.55 Å². The van der Waals surface area contributed by atoms with E-state index in [1.807, 2.05) is 18.5 Å². The predicted octanol–water partition coefficient (Wildman–Crippen LogP) is 5.09. The van der Waals surface area contributed by atoms with Crippen LogP contribution in [0, 0.1) is 5.41 Å². The number of hydrogen-bond donors (Lipinski definition) is 0. The quantitative estimate of drug-likeness (QED) is 0.609. The molecule has 1 aliphatic carbocycles. The SMILES string of the molecule is CC1(C)C=Cc2c(n(-c3ccccc3)c3cnccc23)C=C1. The summed E-state index contributed by atoms with van der Waals surface area (Å²) in [4.78, 5) is 4.33. The zero-order valence-corrected chi connectivity index (χ0v) is 12.8. The molecular weight excluding hydrogens is 268 g/mol. The fourth-order valence-corrected chi connectivity index (χ4v) is 3.02. The molecule has 22 heavy (non-hydrogen) atoms.